The van der Waals surface area contributed by atoms with Crippen LogP contribution in [0, 0.1) is 0 Å². The van der Waals surface area contributed by atoms with Crippen LogP contribution in [0.1, 0.15) is 135 Å². The van der Waals surface area contributed by atoms with Gasteiger partial charge in [0.2, 0.25) is 0 Å². The third-order valence-corrected chi connectivity index (χ3v) is 15.0. The molecule has 0 aromatic rings. The van der Waals surface area contributed by atoms with Gasteiger partial charge < -0.3 is 51.8 Å². The van der Waals surface area contributed by atoms with Gasteiger partial charge in [0.15, 0.2) is 11.6 Å². The summed E-state index contributed by atoms with van der Waals surface area (Å²) in [5, 5.41) is 24.1. The van der Waals surface area contributed by atoms with E-state index in [0.29, 0.717) is 15.7 Å². The zero-order chi connectivity index (χ0) is 40.2. The fourth-order valence-electron chi connectivity index (χ4n) is 3.05. The number of unbranched alkanes of at least 4 members (excludes halogenated alkanes) is 3. The summed E-state index contributed by atoms with van der Waals surface area (Å²) in [5.74, 6) is 0.265. The third kappa shape index (κ3) is 94.2. The van der Waals surface area contributed by atoms with Crippen LogP contribution < -0.4 is 6.15 Å². The van der Waals surface area contributed by atoms with Crippen molar-refractivity contribution in [3.05, 3.63) is 47.3 Å². The fraction of sp³-hybridized carbons (Fsp3) is 0.611. The summed E-state index contributed by atoms with van der Waals surface area (Å²) in [4.78, 5) is 51.6. The molecule has 8 N–H and O–H groups in total. The number of aliphatic carboxylic acids is 1. The third-order valence-electron chi connectivity index (χ3n) is 4.65. The van der Waals surface area contributed by atoms with E-state index >= 15 is 0 Å². The van der Waals surface area contributed by atoms with E-state index in [1.54, 1.807) is 6.92 Å². The first-order chi connectivity index (χ1) is 22.4. The summed E-state index contributed by atoms with van der Waals surface area (Å²) < 4.78 is 15.0. The Hall–Kier alpha value is -1.52. The Balaban J connectivity index is -0.0000000633. The average molecular weight is 1000 g/mol. The Bertz CT molecular complexity index is 1000. The molecular formula is C36H70CuNO11S2SnZn-. The number of ketones is 4. The zero-order valence-electron chi connectivity index (χ0n) is 34.7. The van der Waals surface area contributed by atoms with Crippen molar-refractivity contribution in [2.24, 2.45) is 0 Å². The van der Waals surface area contributed by atoms with Crippen LogP contribution in [-0.4, -0.2) is 73.3 Å². The molecule has 0 saturated heterocycles. The van der Waals surface area contributed by atoms with Gasteiger partial charge in [-0.3, -0.25) is 14.4 Å². The molecule has 0 aliphatic rings. The van der Waals surface area contributed by atoms with E-state index in [0.717, 1.165) is 41.5 Å². The summed E-state index contributed by atoms with van der Waals surface area (Å²) in [6.45, 7) is 23.8. The molecule has 0 saturated carbocycles. The minimum atomic E-state index is -3.42. The summed E-state index contributed by atoms with van der Waals surface area (Å²) in [7, 11) is 0. The number of rotatable bonds is 15. The predicted molar refractivity (Wildman–Crippen MR) is 219 cm³/mol. The zero-order valence-corrected chi connectivity index (χ0v) is 43.1. The maximum atomic E-state index is 11.3. The molecule has 12 nitrogen and oxygen atoms in total. The van der Waals surface area contributed by atoms with E-state index in [4.69, 9.17) is 26.3 Å². The number of thiocarbonyl (C=S) groups is 1. The van der Waals surface area contributed by atoms with Crippen molar-refractivity contribution >= 4 is 77.4 Å². The van der Waals surface area contributed by atoms with Crippen molar-refractivity contribution in [2.75, 3.05) is 0 Å². The Morgan fingerprint density at radius 2 is 0.792 bits per heavy atom. The minimum absolute atomic E-state index is 0. The van der Waals surface area contributed by atoms with Crippen LogP contribution in [0.4, 0.5) is 0 Å². The van der Waals surface area contributed by atoms with Gasteiger partial charge in [-0.15, -0.1) is 0 Å². The number of aliphatic hydroxyl groups is 2. The topological polar surface area (TPSA) is 231 Å². The molecule has 1 radical (unpaired) electrons. The van der Waals surface area contributed by atoms with Crippen LogP contribution in [0.2, 0.25) is 8.87 Å². The smallest absolute Gasteiger partial charge is 0 e. The number of hydrogen-bond donors (Lipinski definition) is 4. The summed E-state index contributed by atoms with van der Waals surface area (Å²) >= 11 is 5.29. The summed E-state index contributed by atoms with van der Waals surface area (Å²) in [6, 6.07) is 0. The van der Waals surface area contributed by atoms with E-state index < -0.39 is 25.2 Å². The Morgan fingerprint density at radius 3 is 0.906 bits per heavy atom. The molecular weight excluding hydrogens is 934 g/mol. The number of hydrogen-bond acceptors (Lipinski definition) is 12. The molecule has 0 spiro atoms. The first-order valence-corrected chi connectivity index (χ1v) is 23.4. The van der Waals surface area contributed by atoms with Crippen molar-refractivity contribution in [1.29, 1.82) is 0 Å². The number of carbonyl (C=O) groups is 5. The van der Waals surface area contributed by atoms with Crippen LogP contribution in [0.15, 0.2) is 47.3 Å². The molecule has 53 heavy (non-hydrogen) atoms. The van der Waals surface area contributed by atoms with Gasteiger partial charge in [0, 0.05) is 55.6 Å². The van der Waals surface area contributed by atoms with Gasteiger partial charge in [0.1, 0.15) is 0 Å². The molecule has 17 heteroatoms. The first-order valence-electron chi connectivity index (χ1n) is 16.3. The summed E-state index contributed by atoms with van der Waals surface area (Å²) in [5.41, 5.74) is 0. The maximum absolute atomic E-state index is 11.3. The minimum Gasteiger partial charge on any atom is -0.412 e. The molecule has 0 aromatic carbocycles. The van der Waals surface area contributed by atoms with Crippen molar-refractivity contribution in [3.63, 3.8) is 0 Å². The van der Waals surface area contributed by atoms with Gasteiger partial charge >= 0.3 is 146 Å². The Morgan fingerprint density at radius 1 is 0.585 bits per heavy atom. The standard InChI is InChI=1S/4C5H8O2.C4H10.2C4H9.C2H4O2.C2H4S2.Cu.H3N.H2O.Sn.Zn/c4*1-4(6)3-5(2)7;3*1-3-4-2;2*1-2(3)4;;;;;/h4*3,6H,1-2H3;3-4H2,1-2H3;2*1,3-4H2,2H3;2*1H3,(H,3,4);;1H3;1H2;;/q;;;;;;;;;;;;+2;/p-3. The van der Waals surface area contributed by atoms with E-state index in [9.17, 15) is 19.2 Å². The van der Waals surface area contributed by atoms with E-state index in [2.05, 4.69) is 52.5 Å². The van der Waals surface area contributed by atoms with Crippen molar-refractivity contribution in [1.82, 2.24) is 6.15 Å². The predicted octanol–water partition coefficient (Wildman–Crippen LogP) is 9.23. The largest absolute Gasteiger partial charge is 0.412 e. The number of aliphatic hydroxyl groups excluding tert-OH is 2. The maximum Gasteiger partial charge on any atom is 0 e. The van der Waals surface area contributed by atoms with Crippen LogP contribution in [0.5, 0.6) is 0 Å². The second-order valence-electron chi connectivity index (χ2n) is 10.9. The number of carboxylic acids is 1. The molecule has 0 aliphatic heterocycles. The van der Waals surface area contributed by atoms with Crippen molar-refractivity contribution < 1.29 is 87.5 Å². The van der Waals surface area contributed by atoms with Crippen LogP contribution in [0.3, 0.4) is 0 Å². The molecule has 0 aliphatic carbocycles. The van der Waals surface area contributed by atoms with Crippen molar-refractivity contribution in [2.45, 2.75) is 144 Å². The molecule has 0 heterocycles. The number of allylic oxidation sites excluding steroid dienone is 8. The van der Waals surface area contributed by atoms with Crippen LogP contribution >= 0.6 is 12.2 Å². The van der Waals surface area contributed by atoms with Gasteiger partial charge in [0.25, 0.3) is 5.97 Å². The molecule has 315 valence electrons. The number of carbonyl (C=O) groups excluding carboxylic acids is 4. The quantitative estimate of drug-likeness (QED) is 0.0395. The van der Waals surface area contributed by atoms with Crippen LogP contribution in [-0.2, 0) is 79.3 Å². The van der Waals surface area contributed by atoms with Gasteiger partial charge in [-0.25, -0.2) is 0 Å². The first kappa shape index (κ1) is 76.2. The SMILES string of the molecule is CC(=O)C=C(C)O.CC(=O)C=C(C)O.CC(=O)O.CC(=S)[S-].CCCC.CCC[CH2][Sn]([CH2]CCC)([O]C(C)=CC(C)=O)[O]C(C)=CC(C)=O.N.O.[Cu].[Zn]. The molecule has 0 fully saturated rings. The van der Waals surface area contributed by atoms with E-state index in [1.165, 1.54) is 78.7 Å². The van der Waals surface area contributed by atoms with Gasteiger partial charge in [-0.05, 0) is 27.7 Å². The molecule has 0 aromatic heterocycles. The normalized spacial score (nSPS) is 10.2. The van der Waals surface area contributed by atoms with Gasteiger partial charge in [-0.1, -0.05) is 33.6 Å². The van der Waals surface area contributed by atoms with Gasteiger partial charge in [-0.2, -0.15) is 4.20 Å². The molecule has 0 amide bonds. The van der Waals surface area contributed by atoms with Gasteiger partial charge in [0.05, 0.1) is 11.5 Å². The second kappa shape index (κ2) is 52.6. The Kier molecular flexibility index (Phi) is 75.6. The monoisotopic (exact) mass is 1000 g/mol. The number of carboxylic acid groups (broad SMARTS) is 1. The van der Waals surface area contributed by atoms with Crippen LogP contribution in [0.25, 0.3) is 0 Å². The summed E-state index contributed by atoms with van der Waals surface area (Å²) in [6.07, 6.45) is 12.2. The molecule has 0 unspecified atom stereocenters. The molecule has 0 atom stereocenters. The van der Waals surface area contributed by atoms with Crippen molar-refractivity contribution in [3.8, 4) is 0 Å². The average Bonchev–Trinajstić information content (AvgIpc) is 2.88. The Labute approximate surface area is 360 Å². The van der Waals surface area contributed by atoms with E-state index in [1.807, 2.05) is 13.8 Å². The fourth-order valence-corrected chi connectivity index (χ4v) is 13.8. The van der Waals surface area contributed by atoms with E-state index in [-0.39, 0.29) is 82.8 Å². The second-order valence-corrected chi connectivity index (χ2v) is 21.6. The molecule has 0 bridgehead atoms. The molecule has 0 rings (SSSR count).